The fourth-order valence-corrected chi connectivity index (χ4v) is 3.38. The van der Waals surface area contributed by atoms with E-state index in [4.69, 9.17) is 42.3 Å². The van der Waals surface area contributed by atoms with E-state index in [-0.39, 0.29) is 41.4 Å². The normalized spacial score (nSPS) is 16.8. The lowest BCUT2D eigenvalue weighted by molar-refractivity contribution is -2.00. The molecule has 1 heterocycles. The van der Waals surface area contributed by atoms with Gasteiger partial charge in [0.05, 0.1) is 50.8 Å². The maximum Gasteiger partial charge on any atom is 0.201 e. The molecule has 192 valence electrons. The van der Waals surface area contributed by atoms with Crippen molar-refractivity contribution in [2.75, 3.05) is 52.9 Å². The third-order valence-electron chi connectivity index (χ3n) is 4.71. The highest BCUT2D eigenvalue weighted by atomic mass is 35.7. The average Bonchev–Trinajstić information content (AvgIpc) is 2.78. The van der Waals surface area contributed by atoms with Crippen LogP contribution in [0.15, 0.2) is 36.4 Å². The largest absolute Gasteiger partial charge is 0.490 e. The molecule has 4 rings (SSSR count). The van der Waals surface area contributed by atoms with Crippen LogP contribution in [0.2, 0.25) is 0 Å². The highest BCUT2D eigenvalue weighted by Crippen LogP contribution is 2.37. The fourth-order valence-electron chi connectivity index (χ4n) is 3.38. The Kier molecular flexibility index (Phi) is 11.0. The van der Waals surface area contributed by atoms with Crippen molar-refractivity contribution in [3.63, 3.8) is 0 Å². The number of rotatable bonds is 0. The lowest BCUT2D eigenvalue weighted by atomic mass is 9.83. The van der Waals surface area contributed by atoms with Gasteiger partial charge in [0.1, 0.15) is 24.7 Å². The molecule has 2 aromatic carbocycles. The lowest BCUT2D eigenvalue weighted by Gasteiger charge is -2.22. The zero-order valence-corrected chi connectivity index (χ0v) is 19.3. The summed E-state index contributed by atoms with van der Waals surface area (Å²) in [4.78, 5) is 26.4. The first kappa shape index (κ1) is 28.6. The predicted octanol–water partition coefficient (Wildman–Crippen LogP) is -3.39. The van der Waals surface area contributed by atoms with Gasteiger partial charge >= 0.3 is 0 Å². The Morgan fingerprint density at radius 1 is 0.571 bits per heavy atom. The Labute approximate surface area is 202 Å². The van der Waals surface area contributed by atoms with Crippen LogP contribution in [0.1, 0.15) is 31.8 Å². The van der Waals surface area contributed by atoms with Crippen LogP contribution in [-0.4, -0.2) is 64.4 Å². The summed E-state index contributed by atoms with van der Waals surface area (Å²) in [7, 11) is -4.94. The van der Waals surface area contributed by atoms with Crippen LogP contribution in [0.5, 0.6) is 11.5 Å². The highest BCUT2D eigenvalue weighted by molar-refractivity contribution is 6.30. The Bertz CT molecular complexity index is 929. The molecular weight excluding hydrogens is 492 g/mol. The van der Waals surface area contributed by atoms with Crippen LogP contribution < -0.4 is 28.1 Å². The molecule has 0 atom stereocenters. The molecule has 2 aliphatic rings. The second-order valence-corrected chi connectivity index (χ2v) is 7.68. The minimum atomic E-state index is -4.94. The Morgan fingerprint density at radius 2 is 0.914 bits per heavy atom. The van der Waals surface area contributed by atoms with Crippen LogP contribution in [0, 0.1) is 10.2 Å². The molecule has 2 aromatic rings. The van der Waals surface area contributed by atoms with Crippen LogP contribution in [-0.2, 0) is 19.7 Å². The zero-order valence-electron chi connectivity index (χ0n) is 18.6. The van der Waals surface area contributed by atoms with Crippen LogP contribution in [0.25, 0.3) is 0 Å². The third kappa shape index (κ3) is 8.21. The van der Waals surface area contributed by atoms with Gasteiger partial charge in [0.25, 0.3) is 0 Å². The predicted molar refractivity (Wildman–Crippen MR) is 108 cm³/mol. The van der Waals surface area contributed by atoms with Gasteiger partial charge < -0.3 is 29.2 Å². The SMILES string of the molecule is O=C1c2cccc3c2C(=O)c2c(cccc21)OCCOCCOCCOCCO3.[O-][Cl+3]([O-])([O-])[O-].[OH3+]. The van der Waals surface area contributed by atoms with Crippen molar-refractivity contribution in [2.45, 2.75) is 0 Å². The first-order valence-electron chi connectivity index (χ1n) is 10.2. The number of carbonyl (C=O) groups is 2. The van der Waals surface area contributed by atoms with Crippen molar-refractivity contribution < 1.29 is 67.6 Å². The van der Waals surface area contributed by atoms with Gasteiger partial charge in [-0.2, -0.15) is 0 Å². The van der Waals surface area contributed by atoms with E-state index < -0.39 is 10.2 Å². The summed E-state index contributed by atoms with van der Waals surface area (Å²) in [5.74, 6) is 0.234. The fraction of sp³-hybridized carbons (Fsp3) is 0.364. The van der Waals surface area contributed by atoms with Gasteiger partial charge in [-0.05, 0) is 12.1 Å². The monoisotopic (exact) mass is 516 g/mol. The number of carbonyl (C=O) groups excluding carboxylic acids is 2. The first-order valence-corrected chi connectivity index (χ1v) is 11.5. The third-order valence-corrected chi connectivity index (χ3v) is 4.71. The van der Waals surface area contributed by atoms with Gasteiger partial charge in [-0.3, -0.25) is 9.59 Å². The zero-order chi connectivity index (χ0) is 24.6. The van der Waals surface area contributed by atoms with E-state index in [9.17, 15) is 9.59 Å². The standard InChI is InChI=1S/C22H22O7.ClHO4.H2O/c23-21-15-3-1-5-17-19(15)22(24)20-16(21)4-2-6-18(20)29-14-12-27-10-8-25-7-9-26-11-13-28-17;2-1(3,4)5;/h1-6H,7-14H2;(H,2,3,4,5);1H2. The number of hydrogen-bond acceptors (Lipinski definition) is 11. The van der Waals surface area contributed by atoms with Gasteiger partial charge in [-0.25, -0.2) is 18.6 Å². The van der Waals surface area contributed by atoms with Crippen molar-refractivity contribution in [1.29, 1.82) is 0 Å². The molecule has 13 heteroatoms. The second-order valence-electron chi connectivity index (χ2n) is 6.93. The Hall–Kier alpha value is -2.65. The Morgan fingerprint density at radius 3 is 1.29 bits per heavy atom. The summed E-state index contributed by atoms with van der Waals surface area (Å²) in [6.45, 7) is 3.00. The van der Waals surface area contributed by atoms with Gasteiger partial charge in [-0.15, -0.1) is 10.2 Å². The van der Waals surface area contributed by atoms with Crippen molar-refractivity contribution in [3.05, 3.63) is 58.7 Å². The molecule has 2 bridgehead atoms. The molecule has 0 fully saturated rings. The van der Waals surface area contributed by atoms with Gasteiger partial charge in [0.15, 0.2) is 5.78 Å². The van der Waals surface area contributed by atoms with E-state index in [1.54, 1.807) is 36.4 Å². The van der Waals surface area contributed by atoms with E-state index >= 15 is 0 Å². The second kappa shape index (κ2) is 13.4. The molecule has 12 nitrogen and oxygen atoms in total. The van der Waals surface area contributed by atoms with Crippen molar-refractivity contribution >= 4 is 11.6 Å². The number of ketones is 2. The van der Waals surface area contributed by atoms with E-state index in [0.717, 1.165) is 0 Å². The van der Waals surface area contributed by atoms with Crippen molar-refractivity contribution in [1.82, 2.24) is 0 Å². The smallest absolute Gasteiger partial charge is 0.201 e. The van der Waals surface area contributed by atoms with Crippen LogP contribution in [0.3, 0.4) is 0 Å². The molecule has 0 amide bonds. The minimum absolute atomic E-state index is 0. The van der Waals surface area contributed by atoms with Gasteiger partial charge in [0.2, 0.25) is 5.78 Å². The molecule has 0 radical (unpaired) electrons. The number of hydrogen-bond donors (Lipinski definition) is 0. The molecule has 0 spiro atoms. The van der Waals surface area contributed by atoms with Crippen LogP contribution in [0.4, 0.5) is 0 Å². The maximum atomic E-state index is 13.3. The molecule has 1 aliphatic carbocycles. The summed E-state index contributed by atoms with van der Waals surface area (Å²) in [6, 6.07) is 10.1. The molecule has 0 unspecified atom stereocenters. The molecule has 0 saturated carbocycles. The number of halogens is 1. The summed E-state index contributed by atoms with van der Waals surface area (Å²) < 4.78 is 61.9. The highest BCUT2D eigenvalue weighted by Gasteiger charge is 2.34. The average molecular weight is 517 g/mol. The summed E-state index contributed by atoms with van der Waals surface area (Å²) in [5, 5.41) is 0. The molecule has 0 aromatic heterocycles. The van der Waals surface area contributed by atoms with Crippen LogP contribution >= 0.6 is 0 Å². The van der Waals surface area contributed by atoms with Gasteiger partial charge in [0, 0.05) is 11.1 Å². The maximum absolute atomic E-state index is 13.3. The van der Waals surface area contributed by atoms with E-state index in [0.29, 0.717) is 62.3 Å². The Balaban J connectivity index is 0.000000656. The molecule has 1 aliphatic heterocycles. The lowest BCUT2D eigenvalue weighted by Crippen LogP contribution is -2.68. The summed E-state index contributed by atoms with van der Waals surface area (Å²) in [6.07, 6.45) is 0. The van der Waals surface area contributed by atoms with Gasteiger partial charge in [-0.1, -0.05) is 24.3 Å². The summed E-state index contributed by atoms with van der Waals surface area (Å²) >= 11 is 0. The minimum Gasteiger partial charge on any atom is -0.490 e. The first-order chi connectivity index (χ1) is 16.3. The van der Waals surface area contributed by atoms with E-state index in [1.807, 2.05) is 0 Å². The molecule has 3 N–H and O–H groups in total. The summed E-state index contributed by atoms with van der Waals surface area (Å²) in [5.41, 5.74) is 1.21. The molecular formula is C22H25ClO12. The molecule has 0 saturated heterocycles. The number of benzene rings is 2. The quantitative estimate of drug-likeness (QED) is 0.269. The van der Waals surface area contributed by atoms with E-state index in [1.165, 1.54) is 0 Å². The van der Waals surface area contributed by atoms with Crippen molar-refractivity contribution in [3.8, 4) is 11.5 Å². The molecule has 35 heavy (non-hydrogen) atoms. The van der Waals surface area contributed by atoms with Crippen molar-refractivity contribution in [2.24, 2.45) is 0 Å². The van der Waals surface area contributed by atoms with E-state index in [2.05, 4.69) is 0 Å². The number of ether oxygens (including phenoxy) is 5. The topological polar surface area (TPSA) is 206 Å².